The van der Waals surface area contributed by atoms with E-state index in [0.717, 1.165) is 50.3 Å². The van der Waals surface area contributed by atoms with E-state index in [-0.39, 0.29) is 0 Å². The van der Waals surface area contributed by atoms with E-state index in [2.05, 4.69) is 49.1 Å². The molecular weight excluding hydrogens is 290 g/mol. The van der Waals surface area contributed by atoms with Gasteiger partial charge in [0.1, 0.15) is 12.2 Å². The highest BCUT2D eigenvalue weighted by Crippen LogP contribution is 2.14. The fourth-order valence-electron chi connectivity index (χ4n) is 3.08. The smallest absolute Gasteiger partial charge is 0.191 e. The van der Waals surface area contributed by atoms with Gasteiger partial charge in [0.15, 0.2) is 5.96 Å². The van der Waals surface area contributed by atoms with E-state index in [1.807, 2.05) is 7.05 Å². The molecule has 1 atom stereocenters. The van der Waals surface area contributed by atoms with Crippen molar-refractivity contribution in [1.82, 2.24) is 30.3 Å². The van der Waals surface area contributed by atoms with E-state index in [1.54, 1.807) is 6.33 Å². The highest BCUT2D eigenvalue weighted by Gasteiger charge is 2.15. The highest BCUT2D eigenvalue weighted by atomic mass is 15.3. The molecule has 0 aliphatic carbocycles. The van der Waals surface area contributed by atoms with Gasteiger partial charge in [0, 0.05) is 46.2 Å². The van der Waals surface area contributed by atoms with Crippen LogP contribution in [0.1, 0.15) is 32.5 Å². The van der Waals surface area contributed by atoms with Gasteiger partial charge in [0.25, 0.3) is 0 Å². The van der Waals surface area contributed by atoms with Crippen molar-refractivity contribution in [2.45, 2.75) is 39.7 Å². The molecule has 0 aromatic carbocycles. The topological polar surface area (TPSA) is 70.4 Å². The van der Waals surface area contributed by atoms with E-state index in [9.17, 15) is 0 Å². The second-order valence-corrected chi connectivity index (χ2v) is 6.27. The van der Waals surface area contributed by atoms with Gasteiger partial charge in [-0.15, -0.1) is 10.2 Å². The van der Waals surface area contributed by atoms with Crippen LogP contribution in [0.15, 0.2) is 11.3 Å². The number of aromatic nitrogens is 3. The van der Waals surface area contributed by atoms with E-state index in [0.29, 0.717) is 0 Å². The number of piperidine rings is 1. The van der Waals surface area contributed by atoms with Gasteiger partial charge in [-0.2, -0.15) is 0 Å². The first-order chi connectivity index (χ1) is 11.2. The van der Waals surface area contributed by atoms with Gasteiger partial charge in [-0.05, 0) is 25.3 Å². The number of likely N-dealkylation sites (tertiary alicyclic amines) is 1. The Bertz CT molecular complexity index is 483. The largest absolute Gasteiger partial charge is 0.355 e. The van der Waals surface area contributed by atoms with Crippen LogP contribution in [-0.2, 0) is 13.0 Å². The summed E-state index contributed by atoms with van der Waals surface area (Å²) >= 11 is 0. The van der Waals surface area contributed by atoms with E-state index < -0.39 is 0 Å². The molecule has 23 heavy (non-hydrogen) atoms. The summed E-state index contributed by atoms with van der Waals surface area (Å²) in [6.07, 6.45) is 5.39. The number of hydrogen-bond donors (Lipinski definition) is 2. The normalized spacial score (nSPS) is 19.8. The van der Waals surface area contributed by atoms with Gasteiger partial charge in [-0.1, -0.05) is 13.8 Å². The van der Waals surface area contributed by atoms with Crippen LogP contribution in [0.4, 0.5) is 0 Å². The van der Waals surface area contributed by atoms with E-state index in [1.165, 1.54) is 25.9 Å². The summed E-state index contributed by atoms with van der Waals surface area (Å²) in [7, 11) is 1.81. The second kappa shape index (κ2) is 9.50. The summed E-state index contributed by atoms with van der Waals surface area (Å²) in [6.45, 7) is 10.6. The Kier molecular flexibility index (Phi) is 7.32. The third-order valence-corrected chi connectivity index (χ3v) is 4.34. The van der Waals surface area contributed by atoms with Crippen LogP contribution in [0.25, 0.3) is 0 Å². The number of rotatable bonds is 7. The Labute approximate surface area is 139 Å². The molecule has 1 aliphatic heterocycles. The molecule has 7 nitrogen and oxygen atoms in total. The SMILES string of the molecule is CCc1nncn1CCNC(=NC)NCCN1CCCC(C)C1. The van der Waals surface area contributed by atoms with Crippen molar-refractivity contribution in [3.63, 3.8) is 0 Å². The predicted molar refractivity (Wildman–Crippen MR) is 93.6 cm³/mol. The third kappa shape index (κ3) is 5.82. The lowest BCUT2D eigenvalue weighted by molar-refractivity contribution is 0.187. The molecule has 1 aromatic rings. The van der Waals surface area contributed by atoms with Crippen LogP contribution >= 0.6 is 0 Å². The standard InChI is InChI=1S/C16H31N7/c1-4-15-21-20-13-23(15)11-8-19-16(17-3)18-7-10-22-9-5-6-14(2)12-22/h13-14H,4-12H2,1-3H3,(H2,17,18,19). The first kappa shape index (κ1) is 17.7. The van der Waals surface area contributed by atoms with E-state index in [4.69, 9.17) is 0 Å². The van der Waals surface area contributed by atoms with Crippen molar-refractivity contribution in [1.29, 1.82) is 0 Å². The zero-order valence-electron chi connectivity index (χ0n) is 14.8. The molecule has 1 aromatic heterocycles. The number of aliphatic imine (C=N–C) groups is 1. The molecule has 2 N–H and O–H groups in total. The molecule has 0 bridgehead atoms. The Morgan fingerprint density at radius 1 is 1.35 bits per heavy atom. The lowest BCUT2D eigenvalue weighted by Crippen LogP contribution is -2.44. The van der Waals surface area contributed by atoms with Crippen molar-refractivity contribution in [2.75, 3.05) is 39.8 Å². The molecule has 130 valence electrons. The quantitative estimate of drug-likeness (QED) is 0.572. The summed E-state index contributed by atoms with van der Waals surface area (Å²) in [5.74, 6) is 2.72. The fourth-order valence-corrected chi connectivity index (χ4v) is 3.08. The lowest BCUT2D eigenvalue weighted by atomic mass is 10.0. The number of nitrogens with zero attached hydrogens (tertiary/aromatic N) is 5. The molecule has 7 heteroatoms. The average Bonchev–Trinajstić information content (AvgIpc) is 3.01. The summed E-state index contributed by atoms with van der Waals surface area (Å²) in [5.41, 5.74) is 0. The summed E-state index contributed by atoms with van der Waals surface area (Å²) in [6, 6.07) is 0. The van der Waals surface area contributed by atoms with Crippen LogP contribution in [0.2, 0.25) is 0 Å². The molecule has 1 fully saturated rings. The molecule has 0 saturated carbocycles. The predicted octanol–water partition coefficient (Wildman–Crippen LogP) is 0.737. The zero-order chi connectivity index (χ0) is 16.5. The third-order valence-electron chi connectivity index (χ3n) is 4.34. The number of guanidine groups is 1. The van der Waals surface area contributed by atoms with Crippen molar-refractivity contribution in [2.24, 2.45) is 10.9 Å². The minimum absolute atomic E-state index is 0.811. The number of hydrogen-bond acceptors (Lipinski definition) is 4. The van der Waals surface area contributed by atoms with Crippen molar-refractivity contribution >= 4 is 5.96 Å². The summed E-state index contributed by atoms with van der Waals surface area (Å²) < 4.78 is 2.08. The van der Waals surface area contributed by atoms with Gasteiger partial charge >= 0.3 is 0 Å². The van der Waals surface area contributed by atoms with Gasteiger partial charge in [-0.25, -0.2) is 0 Å². The average molecular weight is 321 g/mol. The Morgan fingerprint density at radius 2 is 2.13 bits per heavy atom. The first-order valence-electron chi connectivity index (χ1n) is 8.76. The summed E-state index contributed by atoms with van der Waals surface area (Å²) in [5, 5.41) is 14.8. The number of aryl methyl sites for hydroxylation is 1. The first-order valence-corrected chi connectivity index (χ1v) is 8.76. The van der Waals surface area contributed by atoms with Gasteiger partial charge in [-0.3, -0.25) is 4.99 Å². The molecule has 1 saturated heterocycles. The van der Waals surface area contributed by atoms with Gasteiger partial charge in [0.05, 0.1) is 0 Å². The molecule has 1 unspecified atom stereocenters. The van der Waals surface area contributed by atoms with Crippen LogP contribution in [-0.4, -0.2) is 65.4 Å². The fraction of sp³-hybridized carbons (Fsp3) is 0.812. The number of nitrogens with one attached hydrogen (secondary N) is 2. The molecule has 2 rings (SSSR count). The molecule has 0 radical (unpaired) electrons. The van der Waals surface area contributed by atoms with E-state index >= 15 is 0 Å². The maximum atomic E-state index is 4.28. The van der Waals surface area contributed by atoms with Crippen LogP contribution in [0.5, 0.6) is 0 Å². The summed E-state index contributed by atoms with van der Waals surface area (Å²) in [4.78, 5) is 6.82. The minimum atomic E-state index is 0.811. The van der Waals surface area contributed by atoms with Crippen LogP contribution in [0, 0.1) is 5.92 Å². The second-order valence-electron chi connectivity index (χ2n) is 6.27. The highest BCUT2D eigenvalue weighted by molar-refractivity contribution is 5.79. The molecule has 2 heterocycles. The molecular formula is C16H31N7. The Balaban J connectivity index is 1.63. The molecule has 1 aliphatic rings. The molecule has 0 amide bonds. The molecule has 0 spiro atoms. The minimum Gasteiger partial charge on any atom is -0.355 e. The van der Waals surface area contributed by atoms with Crippen molar-refractivity contribution in [3.8, 4) is 0 Å². The lowest BCUT2D eigenvalue weighted by Gasteiger charge is -2.30. The van der Waals surface area contributed by atoms with Crippen molar-refractivity contribution < 1.29 is 0 Å². The maximum absolute atomic E-state index is 4.28. The van der Waals surface area contributed by atoms with Crippen molar-refractivity contribution in [3.05, 3.63) is 12.2 Å². The monoisotopic (exact) mass is 321 g/mol. The van der Waals surface area contributed by atoms with Gasteiger partial charge < -0.3 is 20.1 Å². The van der Waals surface area contributed by atoms with Crippen LogP contribution < -0.4 is 10.6 Å². The Morgan fingerprint density at radius 3 is 2.83 bits per heavy atom. The Hall–Kier alpha value is -1.63. The van der Waals surface area contributed by atoms with Crippen LogP contribution in [0.3, 0.4) is 0 Å². The van der Waals surface area contributed by atoms with Gasteiger partial charge in [0.2, 0.25) is 0 Å². The zero-order valence-corrected chi connectivity index (χ0v) is 14.8. The maximum Gasteiger partial charge on any atom is 0.191 e.